The van der Waals surface area contributed by atoms with Crippen LogP contribution in [0.3, 0.4) is 0 Å². The van der Waals surface area contributed by atoms with Crippen LogP contribution < -0.4 is 5.32 Å². The number of piperidine rings is 1. The van der Waals surface area contributed by atoms with Crippen LogP contribution in [0.5, 0.6) is 0 Å². The van der Waals surface area contributed by atoms with Gasteiger partial charge in [0.15, 0.2) is 0 Å². The lowest BCUT2D eigenvalue weighted by Crippen LogP contribution is -2.53. The molecule has 1 N–H and O–H groups in total. The second kappa shape index (κ2) is 5.72. The maximum absolute atomic E-state index is 3.53. The molecule has 1 atom stereocenters. The first-order chi connectivity index (χ1) is 8.55. The number of nitrogens with zero attached hydrogens (tertiary/aromatic N) is 1. The zero-order chi connectivity index (χ0) is 13.2. The van der Waals surface area contributed by atoms with Crippen molar-refractivity contribution in [2.24, 2.45) is 0 Å². The number of rotatable bonds is 4. The minimum absolute atomic E-state index is 0.183. The molecule has 0 amide bonds. The van der Waals surface area contributed by atoms with Crippen LogP contribution in [-0.4, -0.2) is 30.6 Å². The fraction of sp³-hybridized carbons (Fsp3) is 0.733. The van der Waals surface area contributed by atoms with Gasteiger partial charge in [0.2, 0.25) is 0 Å². The number of likely N-dealkylation sites (tertiary alicyclic amines) is 1. The summed E-state index contributed by atoms with van der Waals surface area (Å²) in [4.78, 5) is 4.06. The van der Waals surface area contributed by atoms with Crippen molar-refractivity contribution in [2.45, 2.75) is 51.6 Å². The van der Waals surface area contributed by atoms with Crippen molar-refractivity contribution in [3.63, 3.8) is 0 Å². The molecule has 0 saturated carbocycles. The maximum Gasteiger partial charge on any atom is 0.0507 e. The Morgan fingerprint density at radius 3 is 2.44 bits per heavy atom. The zero-order valence-electron chi connectivity index (χ0n) is 12.1. The lowest BCUT2D eigenvalue weighted by Gasteiger charge is -2.45. The SMILES string of the molecule is CNC(c1csc(C)c1)C(C)(C)N1CCCCC1. The highest BCUT2D eigenvalue weighted by Gasteiger charge is 2.36. The van der Waals surface area contributed by atoms with Crippen molar-refractivity contribution in [3.8, 4) is 0 Å². The van der Waals surface area contributed by atoms with Crippen molar-refractivity contribution >= 4 is 11.3 Å². The van der Waals surface area contributed by atoms with Gasteiger partial charge in [-0.05, 0) is 70.8 Å². The second-order valence-electron chi connectivity index (χ2n) is 5.91. The Bertz CT molecular complexity index is 378. The van der Waals surface area contributed by atoms with Crippen molar-refractivity contribution in [3.05, 3.63) is 21.9 Å². The molecule has 2 heterocycles. The van der Waals surface area contributed by atoms with E-state index in [4.69, 9.17) is 0 Å². The minimum atomic E-state index is 0.183. The first kappa shape index (κ1) is 14.0. The highest BCUT2D eigenvalue weighted by atomic mass is 32.1. The molecule has 102 valence electrons. The molecule has 2 rings (SSSR count). The number of aryl methyl sites for hydroxylation is 1. The van der Waals surface area contributed by atoms with Gasteiger partial charge in [-0.2, -0.15) is 0 Å². The molecule has 1 aliphatic heterocycles. The van der Waals surface area contributed by atoms with Gasteiger partial charge in [-0.25, -0.2) is 0 Å². The lowest BCUT2D eigenvalue weighted by molar-refractivity contribution is 0.0634. The summed E-state index contributed by atoms with van der Waals surface area (Å²) in [5, 5.41) is 5.84. The third-order valence-corrected chi connectivity index (χ3v) is 5.13. The van der Waals surface area contributed by atoms with Crippen LogP contribution in [0, 0.1) is 6.92 Å². The fourth-order valence-electron chi connectivity index (χ4n) is 3.20. The van der Waals surface area contributed by atoms with Gasteiger partial charge in [0.25, 0.3) is 0 Å². The molecule has 1 aromatic rings. The van der Waals surface area contributed by atoms with Gasteiger partial charge in [-0.3, -0.25) is 4.90 Å². The van der Waals surface area contributed by atoms with Crippen molar-refractivity contribution in [2.75, 3.05) is 20.1 Å². The molecule has 3 heteroatoms. The number of hydrogen-bond donors (Lipinski definition) is 1. The Balaban J connectivity index is 2.19. The molecule has 1 saturated heterocycles. The van der Waals surface area contributed by atoms with Gasteiger partial charge in [-0.15, -0.1) is 11.3 Å². The first-order valence-electron chi connectivity index (χ1n) is 7.03. The van der Waals surface area contributed by atoms with Gasteiger partial charge >= 0.3 is 0 Å². The van der Waals surface area contributed by atoms with Crippen LogP contribution in [0.1, 0.15) is 49.6 Å². The molecule has 1 aromatic heterocycles. The predicted octanol–water partition coefficient (Wildman–Crippen LogP) is 3.58. The Kier molecular flexibility index (Phi) is 4.46. The highest BCUT2D eigenvalue weighted by Crippen LogP contribution is 2.34. The minimum Gasteiger partial charge on any atom is -0.311 e. The molecule has 0 spiro atoms. The van der Waals surface area contributed by atoms with Crippen molar-refractivity contribution < 1.29 is 0 Å². The Labute approximate surface area is 115 Å². The Hall–Kier alpha value is -0.380. The summed E-state index contributed by atoms with van der Waals surface area (Å²) in [7, 11) is 2.09. The van der Waals surface area contributed by atoms with Crippen molar-refractivity contribution in [1.29, 1.82) is 0 Å². The van der Waals surface area contributed by atoms with E-state index in [1.807, 2.05) is 11.3 Å². The average molecular weight is 266 g/mol. The molecular weight excluding hydrogens is 240 g/mol. The first-order valence-corrected chi connectivity index (χ1v) is 7.91. The molecule has 18 heavy (non-hydrogen) atoms. The van der Waals surface area contributed by atoms with Crippen LogP contribution in [0.25, 0.3) is 0 Å². The second-order valence-corrected chi connectivity index (χ2v) is 7.03. The molecular formula is C15H26N2S. The summed E-state index contributed by atoms with van der Waals surface area (Å²) >= 11 is 1.85. The van der Waals surface area contributed by atoms with E-state index in [2.05, 4.69) is 49.5 Å². The largest absolute Gasteiger partial charge is 0.311 e. The van der Waals surface area contributed by atoms with E-state index in [1.54, 1.807) is 0 Å². The van der Waals surface area contributed by atoms with Crippen LogP contribution in [0.15, 0.2) is 11.4 Å². The fourth-order valence-corrected chi connectivity index (χ4v) is 3.93. The molecule has 2 nitrogen and oxygen atoms in total. The Morgan fingerprint density at radius 2 is 1.94 bits per heavy atom. The van der Waals surface area contributed by atoms with E-state index in [0.717, 1.165) is 0 Å². The number of likely N-dealkylation sites (N-methyl/N-ethyl adjacent to an activating group) is 1. The third kappa shape index (κ3) is 2.79. The Morgan fingerprint density at radius 1 is 1.28 bits per heavy atom. The van der Waals surface area contributed by atoms with Gasteiger partial charge in [-0.1, -0.05) is 6.42 Å². The number of thiophene rings is 1. The van der Waals surface area contributed by atoms with Gasteiger partial charge in [0, 0.05) is 10.4 Å². The lowest BCUT2D eigenvalue weighted by atomic mass is 9.86. The highest BCUT2D eigenvalue weighted by molar-refractivity contribution is 7.10. The summed E-state index contributed by atoms with van der Waals surface area (Å²) in [5.41, 5.74) is 1.62. The van der Waals surface area contributed by atoms with E-state index in [9.17, 15) is 0 Å². The van der Waals surface area contributed by atoms with Crippen LogP contribution in [0.4, 0.5) is 0 Å². The van der Waals surface area contributed by atoms with Gasteiger partial charge < -0.3 is 5.32 Å². The molecule has 0 bridgehead atoms. The predicted molar refractivity (Wildman–Crippen MR) is 80.4 cm³/mol. The molecule has 0 aliphatic carbocycles. The molecule has 0 radical (unpaired) electrons. The zero-order valence-corrected chi connectivity index (χ0v) is 12.9. The van der Waals surface area contributed by atoms with E-state index in [-0.39, 0.29) is 5.54 Å². The smallest absolute Gasteiger partial charge is 0.0507 e. The molecule has 0 aromatic carbocycles. The maximum atomic E-state index is 3.53. The van der Waals surface area contributed by atoms with Crippen LogP contribution in [0.2, 0.25) is 0 Å². The third-order valence-electron chi connectivity index (χ3n) is 4.25. The van der Waals surface area contributed by atoms with Crippen molar-refractivity contribution in [1.82, 2.24) is 10.2 Å². The summed E-state index contributed by atoms with van der Waals surface area (Å²) in [6.45, 7) is 9.44. The average Bonchev–Trinajstić information content (AvgIpc) is 2.77. The standard InChI is InChI=1S/C15H26N2S/c1-12-10-13(11-18-12)14(16-4)15(2,3)17-8-6-5-7-9-17/h10-11,14,16H,5-9H2,1-4H3. The van der Waals surface area contributed by atoms with E-state index in [0.29, 0.717) is 6.04 Å². The van der Waals surface area contributed by atoms with Crippen LogP contribution in [-0.2, 0) is 0 Å². The number of nitrogens with one attached hydrogen (secondary N) is 1. The quantitative estimate of drug-likeness (QED) is 0.896. The van der Waals surface area contributed by atoms with Gasteiger partial charge in [0.1, 0.15) is 0 Å². The summed E-state index contributed by atoms with van der Waals surface area (Å²) in [6.07, 6.45) is 4.10. The topological polar surface area (TPSA) is 15.3 Å². The molecule has 1 fully saturated rings. The van der Waals surface area contributed by atoms with E-state index < -0.39 is 0 Å². The normalized spacial score (nSPS) is 20.0. The molecule has 1 unspecified atom stereocenters. The van der Waals surface area contributed by atoms with E-state index >= 15 is 0 Å². The monoisotopic (exact) mass is 266 g/mol. The summed E-state index contributed by atoms with van der Waals surface area (Å²) in [5.74, 6) is 0. The van der Waals surface area contributed by atoms with Crippen LogP contribution >= 0.6 is 11.3 Å². The summed E-state index contributed by atoms with van der Waals surface area (Å²) in [6, 6.07) is 2.75. The number of hydrogen-bond acceptors (Lipinski definition) is 3. The molecule has 1 aliphatic rings. The van der Waals surface area contributed by atoms with Gasteiger partial charge in [0.05, 0.1) is 6.04 Å². The summed E-state index contributed by atoms with van der Waals surface area (Å²) < 4.78 is 0. The van der Waals surface area contributed by atoms with E-state index in [1.165, 1.54) is 42.8 Å².